The van der Waals surface area contributed by atoms with Gasteiger partial charge >= 0.3 is 6.03 Å². The lowest BCUT2D eigenvalue weighted by Crippen LogP contribution is -2.71. The van der Waals surface area contributed by atoms with E-state index in [-0.39, 0.29) is 12.6 Å². The van der Waals surface area contributed by atoms with E-state index in [0.29, 0.717) is 24.2 Å². The van der Waals surface area contributed by atoms with Crippen LogP contribution in [0.25, 0.3) is 10.9 Å². The van der Waals surface area contributed by atoms with Crippen molar-refractivity contribution in [3.05, 3.63) is 36.5 Å². The quantitative estimate of drug-likeness (QED) is 0.701. The molecule has 0 radical (unpaired) electrons. The fraction of sp³-hybridized carbons (Fsp3) is 0.545. The second kappa shape index (κ2) is 9.16. The van der Waals surface area contributed by atoms with Crippen LogP contribution in [0.15, 0.2) is 36.5 Å². The minimum atomic E-state index is -0.612. The Morgan fingerprint density at radius 2 is 1.90 bits per heavy atom. The Kier molecular flexibility index (Phi) is 6.36. The smallest absolute Gasteiger partial charge is 0.315 e. The summed E-state index contributed by atoms with van der Waals surface area (Å²) in [4.78, 5) is 17.6. The van der Waals surface area contributed by atoms with Crippen molar-refractivity contribution in [2.75, 3.05) is 52.4 Å². The van der Waals surface area contributed by atoms with Gasteiger partial charge < -0.3 is 20.5 Å². The normalized spacial score (nSPS) is 20.8. The number of aromatic nitrogens is 1. The number of ether oxygens (including phenoxy) is 1. The van der Waals surface area contributed by atoms with Crippen molar-refractivity contribution in [2.45, 2.75) is 25.4 Å². The van der Waals surface area contributed by atoms with E-state index >= 15 is 0 Å². The monoisotopic (exact) mass is 414 g/mol. The first-order valence-corrected chi connectivity index (χ1v) is 10.9. The Morgan fingerprint density at radius 3 is 2.63 bits per heavy atom. The first-order valence-electron chi connectivity index (χ1n) is 10.9. The molecule has 0 bridgehead atoms. The van der Waals surface area contributed by atoms with Crippen molar-refractivity contribution in [3.63, 3.8) is 0 Å². The molecule has 162 valence electrons. The second-order valence-electron chi connectivity index (χ2n) is 8.36. The first kappa shape index (κ1) is 20.8. The molecular formula is C22H32N5O3+. The summed E-state index contributed by atoms with van der Waals surface area (Å²) < 4.78 is 6.71. The zero-order valence-electron chi connectivity index (χ0n) is 17.4. The number of piperazine rings is 1. The molecule has 2 aliphatic rings. The Morgan fingerprint density at radius 1 is 1.13 bits per heavy atom. The van der Waals surface area contributed by atoms with Crippen LogP contribution in [-0.4, -0.2) is 89.1 Å². The molecule has 1 atom stereocenters. The fourth-order valence-electron chi connectivity index (χ4n) is 4.77. The summed E-state index contributed by atoms with van der Waals surface area (Å²) in [5.74, 6) is 0.739. The SMILES string of the molecule is NC(=O)N1CC[N+](CC(O)COc2cccc3ncccc23)(N2CCCCC2)CC1. The minimum Gasteiger partial charge on any atom is -0.490 e. The maximum absolute atomic E-state index is 11.6. The third-order valence-corrected chi connectivity index (χ3v) is 6.40. The number of rotatable bonds is 6. The van der Waals surface area contributed by atoms with Crippen molar-refractivity contribution < 1.29 is 19.2 Å². The number of quaternary nitrogens is 1. The van der Waals surface area contributed by atoms with Crippen molar-refractivity contribution in [1.82, 2.24) is 14.9 Å². The molecule has 2 aromatic rings. The third-order valence-electron chi connectivity index (χ3n) is 6.40. The zero-order chi connectivity index (χ0) is 21.0. The van der Waals surface area contributed by atoms with E-state index in [1.807, 2.05) is 30.3 Å². The summed E-state index contributed by atoms with van der Waals surface area (Å²) >= 11 is 0. The molecule has 30 heavy (non-hydrogen) atoms. The molecule has 1 aromatic carbocycles. The van der Waals surface area contributed by atoms with Crippen molar-refractivity contribution in [3.8, 4) is 5.75 Å². The molecular weight excluding hydrogens is 382 g/mol. The highest BCUT2D eigenvalue weighted by Gasteiger charge is 2.42. The number of aliphatic hydroxyl groups is 1. The number of hydrogen-bond acceptors (Lipinski definition) is 5. The molecule has 2 fully saturated rings. The average Bonchev–Trinajstić information content (AvgIpc) is 2.78. The number of pyridine rings is 1. The summed E-state index contributed by atoms with van der Waals surface area (Å²) in [7, 11) is 0. The predicted molar refractivity (Wildman–Crippen MR) is 115 cm³/mol. The van der Waals surface area contributed by atoms with Gasteiger partial charge in [-0.2, -0.15) is 5.01 Å². The minimum absolute atomic E-state index is 0.224. The Balaban J connectivity index is 1.44. The van der Waals surface area contributed by atoms with Crippen LogP contribution >= 0.6 is 0 Å². The molecule has 0 spiro atoms. The maximum atomic E-state index is 11.6. The van der Waals surface area contributed by atoms with Gasteiger partial charge in [0.25, 0.3) is 0 Å². The molecule has 3 heterocycles. The van der Waals surface area contributed by atoms with Crippen molar-refractivity contribution >= 4 is 16.9 Å². The predicted octanol–water partition coefficient (Wildman–Crippen LogP) is 1.59. The summed E-state index contributed by atoms with van der Waals surface area (Å²) in [6.45, 7) is 5.65. The van der Waals surface area contributed by atoms with E-state index in [1.165, 1.54) is 19.3 Å². The number of piperidine rings is 1. The number of amides is 2. The standard InChI is InChI=1S/C22H31N5O3/c23-22(29)25-12-14-27(15-13-25,26-10-2-1-3-11-26)16-18(28)17-30-21-8-4-7-20-19(21)6-5-9-24-20/h4-9,18,28H,1-3,10-17H2,(H-,23,29)/p+1. The molecule has 0 saturated carbocycles. The molecule has 2 amide bonds. The van der Waals surface area contributed by atoms with Gasteiger partial charge in [-0.1, -0.05) is 12.5 Å². The van der Waals surface area contributed by atoms with Crippen molar-refractivity contribution in [2.24, 2.45) is 5.73 Å². The number of benzene rings is 1. The van der Waals surface area contributed by atoms with Crippen LogP contribution in [0, 0.1) is 0 Å². The molecule has 3 N–H and O–H groups in total. The lowest BCUT2D eigenvalue weighted by atomic mass is 10.1. The van der Waals surface area contributed by atoms with E-state index in [1.54, 1.807) is 11.1 Å². The van der Waals surface area contributed by atoms with Crippen LogP contribution in [0.2, 0.25) is 0 Å². The molecule has 0 aliphatic carbocycles. The third kappa shape index (κ3) is 4.50. The van der Waals surface area contributed by atoms with Gasteiger partial charge in [-0.25, -0.2) is 9.39 Å². The summed E-state index contributed by atoms with van der Waals surface area (Å²) in [5.41, 5.74) is 6.36. The number of hydrogen-bond donors (Lipinski definition) is 2. The van der Waals surface area contributed by atoms with Crippen LogP contribution < -0.4 is 10.5 Å². The number of urea groups is 1. The van der Waals surface area contributed by atoms with Crippen LogP contribution in [-0.2, 0) is 0 Å². The molecule has 2 aliphatic heterocycles. The molecule has 1 unspecified atom stereocenters. The van der Waals surface area contributed by atoms with Gasteiger partial charge in [-0.3, -0.25) is 4.98 Å². The summed E-state index contributed by atoms with van der Waals surface area (Å²) in [6.07, 6.45) is 4.76. The van der Waals surface area contributed by atoms with E-state index < -0.39 is 6.10 Å². The van der Waals surface area contributed by atoms with Gasteiger partial charge in [0.05, 0.1) is 18.6 Å². The number of fused-ring (bicyclic) bond motifs is 1. The summed E-state index contributed by atoms with van der Waals surface area (Å²) in [6, 6.07) is 9.29. The van der Waals surface area contributed by atoms with E-state index in [9.17, 15) is 9.90 Å². The number of carbonyl (C=O) groups is 1. The molecule has 4 rings (SSSR count). The number of aliphatic hydroxyl groups excluding tert-OH is 1. The molecule has 8 heteroatoms. The van der Waals surface area contributed by atoms with E-state index in [4.69, 9.17) is 10.5 Å². The van der Waals surface area contributed by atoms with Crippen molar-refractivity contribution in [1.29, 1.82) is 0 Å². The van der Waals surface area contributed by atoms with Gasteiger partial charge in [-0.15, -0.1) is 0 Å². The fourth-order valence-corrected chi connectivity index (χ4v) is 4.77. The Labute approximate surface area is 177 Å². The summed E-state index contributed by atoms with van der Waals surface area (Å²) in [5, 5.41) is 14.3. The highest BCUT2D eigenvalue weighted by molar-refractivity contribution is 5.84. The number of nitrogens with zero attached hydrogens (tertiary/aromatic N) is 4. The first-order chi connectivity index (χ1) is 14.6. The number of nitrogens with two attached hydrogens (primary N) is 1. The van der Waals surface area contributed by atoms with Gasteiger partial charge in [0, 0.05) is 24.7 Å². The Hall–Kier alpha value is -2.42. The van der Waals surface area contributed by atoms with E-state index in [2.05, 4.69) is 9.99 Å². The number of carbonyl (C=O) groups excluding carboxylic acids is 1. The highest BCUT2D eigenvalue weighted by Crippen LogP contribution is 2.26. The van der Waals surface area contributed by atoms with Gasteiger partial charge in [-0.05, 0) is 37.1 Å². The number of primary amides is 1. The lowest BCUT2D eigenvalue weighted by molar-refractivity contribution is -1.04. The topological polar surface area (TPSA) is 91.9 Å². The zero-order valence-corrected chi connectivity index (χ0v) is 17.4. The van der Waals surface area contributed by atoms with Crippen LogP contribution in [0.4, 0.5) is 4.79 Å². The maximum Gasteiger partial charge on any atom is 0.315 e. The average molecular weight is 415 g/mol. The van der Waals surface area contributed by atoms with Gasteiger partial charge in [0.1, 0.15) is 38.1 Å². The second-order valence-corrected chi connectivity index (χ2v) is 8.36. The largest absolute Gasteiger partial charge is 0.490 e. The van der Waals surface area contributed by atoms with Crippen LogP contribution in [0.5, 0.6) is 5.75 Å². The van der Waals surface area contributed by atoms with Crippen LogP contribution in [0.3, 0.4) is 0 Å². The van der Waals surface area contributed by atoms with Crippen LogP contribution in [0.1, 0.15) is 19.3 Å². The Bertz CT molecular complexity index is 857. The van der Waals surface area contributed by atoms with E-state index in [0.717, 1.165) is 42.8 Å². The lowest BCUT2D eigenvalue weighted by Gasteiger charge is -2.51. The highest BCUT2D eigenvalue weighted by atomic mass is 16.5. The molecule has 2 saturated heterocycles. The van der Waals surface area contributed by atoms with Gasteiger partial charge in [0.2, 0.25) is 0 Å². The molecule has 8 nitrogen and oxygen atoms in total. The van der Waals surface area contributed by atoms with Gasteiger partial charge in [0.15, 0.2) is 0 Å². The molecule has 1 aromatic heterocycles.